The highest BCUT2D eigenvalue weighted by atomic mass is 32.2. The van der Waals surface area contributed by atoms with E-state index in [0.717, 1.165) is 31.0 Å². The van der Waals surface area contributed by atoms with Gasteiger partial charge in [0.1, 0.15) is 5.69 Å². The van der Waals surface area contributed by atoms with Gasteiger partial charge in [0.15, 0.2) is 23.0 Å². The number of hydrogen-bond donors (Lipinski definition) is 1. The number of carbonyl (C=O) groups is 1. The first-order valence-corrected chi connectivity index (χ1v) is 6.11. The molecule has 1 aromatic rings. The van der Waals surface area contributed by atoms with Crippen LogP contribution >= 0.6 is 11.8 Å². The summed E-state index contributed by atoms with van der Waals surface area (Å²) < 4.78 is 31.6. The standard InChI is InChI=1S/C11H9F2N3O2S/c1-18-10(17)6-3-4-7(9(13)8(6)12)16-11(19-2)15-5-14/h3-4H,1-2H3,(H,15,16). The zero-order valence-corrected chi connectivity index (χ0v) is 10.8. The zero-order valence-electron chi connectivity index (χ0n) is 10.0. The maximum Gasteiger partial charge on any atom is 0.340 e. The summed E-state index contributed by atoms with van der Waals surface area (Å²) in [7, 11) is 1.06. The minimum atomic E-state index is -1.34. The van der Waals surface area contributed by atoms with Gasteiger partial charge in [-0.3, -0.25) is 5.32 Å². The molecule has 0 bridgehead atoms. The third-order valence-corrected chi connectivity index (χ3v) is 2.63. The lowest BCUT2D eigenvalue weighted by Gasteiger charge is -2.05. The fourth-order valence-corrected chi connectivity index (χ4v) is 1.51. The van der Waals surface area contributed by atoms with Gasteiger partial charge in [-0.25, -0.2) is 18.6 Å². The molecule has 0 saturated carbocycles. The Bertz CT molecular complexity index is 570. The Hall–Kier alpha value is -2.14. The predicted octanol–water partition coefficient (Wildman–Crippen LogP) is 2.17. The van der Waals surface area contributed by atoms with Crippen LogP contribution in [0.3, 0.4) is 0 Å². The Labute approximate surface area is 112 Å². The fourth-order valence-electron chi connectivity index (χ4n) is 1.18. The second kappa shape index (κ2) is 6.70. The maximum absolute atomic E-state index is 13.7. The van der Waals surface area contributed by atoms with Crippen LogP contribution in [0.1, 0.15) is 10.4 Å². The van der Waals surface area contributed by atoms with Gasteiger partial charge in [0.2, 0.25) is 0 Å². The molecule has 0 atom stereocenters. The lowest BCUT2D eigenvalue weighted by molar-refractivity contribution is 0.0594. The molecule has 0 aliphatic rings. The topological polar surface area (TPSA) is 74.5 Å². The van der Waals surface area contributed by atoms with Crippen LogP contribution in [-0.2, 0) is 4.74 Å². The van der Waals surface area contributed by atoms with Gasteiger partial charge in [-0.05, 0) is 18.4 Å². The Morgan fingerprint density at radius 3 is 2.68 bits per heavy atom. The first-order chi connectivity index (χ1) is 9.04. The average Bonchev–Trinajstić information content (AvgIpc) is 2.42. The van der Waals surface area contributed by atoms with E-state index in [1.807, 2.05) is 0 Å². The van der Waals surface area contributed by atoms with E-state index in [9.17, 15) is 13.6 Å². The number of nitriles is 1. The number of carbonyl (C=O) groups excluding carboxylic acids is 1. The van der Waals surface area contributed by atoms with Crippen molar-refractivity contribution in [3.63, 3.8) is 0 Å². The molecule has 0 aliphatic heterocycles. The molecule has 0 aliphatic carbocycles. The van der Waals surface area contributed by atoms with E-state index in [1.54, 1.807) is 12.4 Å². The van der Waals surface area contributed by atoms with Crippen molar-refractivity contribution in [1.29, 1.82) is 5.26 Å². The average molecular weight is 285 g/mol. The van der Waals surface area contributed by atoms with Gasteiger partial charge >= 0.3 is 5.97 Å². The number of esters is 1. The molecule has 19 heavy (non-hydrogen) atoms. The highest BCUT2D eigenvalue weighted by Crippen LogP contribution is 2.24. The van der Waals surface area contributed by atoms with E-state index < -0.39 is 23.2 Å². The quantitative estimate of drug-likeness (QED) is 0.296. The summed E-state index contributed by atoms with van der Waals surface area (Å²) in [6.07, 6.45) is 3.23. The normalized spacial score (nSPS) is 10.8. The molecule has 0 radical (unpaired) electrons. The number of amidine groups is 1. The monoisotopic (exact) mass is 285 g/mol. The molecule has 0 fully saturated rings. The minimum Gasteiger partial charge on any atom is -0.465 e. The van der Waals surface area contributed by atoms with Crippen molar-refractivity contribution in [2.24, 2.45) is 4.99 Å². The Morgan fingerprint density at radius 1 is 1.47 bits per heavy atom. The van der Waals surface area contributed by atoms with Gasteiger partial charge in [0.25, 0.3) is 0 Å². The molecule has 1 N–H and O–H groups in total. The van der Waals surface area contributed by atoms with E-state index in [4.69, 9.17) is 5.26 Å². The number of methoxy groups -OCH3 is 1. The molecular formula is C11H9F2N3O2S. The highest BCUT2D eigenvalue weighted by Gasteiger charge is 2.19. The summed E-state index contributed by atoms with van der Waals surface area (Å²) in [5.41, 5.74) is -0.838. The Balaban J connectivity index is 3.24. The van der Waals surface area contributed by atoms with Gasteiger partial charge in [0.05, 0.1) is 12.7 Å². The predicted molar refractivity (Wildman–Crippen MR) is 67.1 cm³/mol. The Morgan fingerprint density at radius 2 is 2.16 bits per heavy atom. The van der Waals surface area contributed by atoms with Crippen molar-refractivity contribution in [2.45, 2.75) is 0 Å². The smallest absolute Gasteiger partial charge is 0.340 e. The third kappa shape index (κ3) is 3.42. The van der Waals surface area contributed by atoms with Gasteiger partial charge in [-0.2, -0.15) is 5.26 Å². The minimum absolute atomic E-state index is 0.103. The first-order valence-electron chi connectivity index (χ1n) is 4.89. The lowest BCUT2D eigenvalue weighted by Crippen LogP contribution is -2.13. The zero-order chi connectivity index (χ0) is 14.4. The molecule has 0 heterocycles. The van der Waals surface area contributed by atoms with Gasteiger partial charge in [-0.1, -0.05) is 11.8 Å². The number of nitrogens with one attached hydrogen (secondary N) is 1. The van der Waals surface area contributed by atoms with Crippen LogP contribution < -0.4 is 5.32 Å². The summed E-state index contributed by atoms with van der Waals surface area (Å²) in [5.74, 6) is -3.60. The van der Waals surface area contributed by atoms with Gasteiger partial charge in [0, 0.05) is 0 Å². The molecule has 0 amide bonds. The molecule has 1 rings (SSSR count). The molecule has 0 spiro atoms. The van der Waals surface area contributed by atoms with Gasteiger partial charge in [-0.15, -0.1) is 0 Å². The third-order valence-electron chi connectivity index (χ3n) is 2.05. The van der Waals surface area contributed by atoms with Crippen LogP contribution in [0, 0.1) is 23.1 Å². The molecular weight excluding hydrogens is 276 g/mol. The molecule has 100 valence electrons. The number of ether oxygens (including phenoxy) is 1. The summed E-state index contributed by atoms with van der Waals surface area (Å²) in [6.45, 7) is 0. The van der Waals surface area contributed by atoms with E-state index in [-0.39, 0.29) is 10.9 Å². The van der Waals surface area contributed by atoms with Crippen LogP contribution in [0.15, 0.2) is 17.1 Å². The maximum atomic E-state index is 13.7. The lowest BCUT2D eigenvalue weighted by atomic mass is 10.2. The van der Waals surface area contributed by atoms with Crippen molar-refractivity contribution in [2.75, 3.05) is 13.4 Å². The Kier molecular flexibility index (Phi) is 5.26. The molecule has 0 unspecified atom stereocenters. The fraction of sp³-hybridized carbons (Fsp3) is 0.182. The highest BCUT2D eigenvalue weighted by molar-refractivity contribution is 8.13. The first kappa shape index (κ1) is 14.9. The molecule has 8 heteroatoms. The SMILES string of the molecule is COC(=O)c1ccc(N=C(NC#N)SC)c(F)c1F. The summed E-state index contributed by atoms with van der Waals surface area (Å²) >= 11 is 1.05. The second-order valence-corrected chi connectivity index (χ2v) is 3.90. The van der Waals surface area contributed by atoms with E-state index in [1.165, 1.54) is 0 Å². The molecule has 0 aromatic heterocycles. The van der Waals surface area contributed by atoms with Crippen LogP contribution in [-0.4, -0.2) is 24.5 Å². The number of hydrogen-bond acceptors (Lipinski definition) is 5. The molecule has 0 saturated heterocycles. The number of benzene rings is 1. The van der Waals surface area contributed by atoms with E-state index >= 15 is 0 Å². The van der Waals surface area contributed by atoms with Crippen molar-refractivity contribution >= 4 is 28.6 Å². The molecule has 5 nitrogen and oxygen atoms in total. The molecule has 1 aromatic carbocycles. The van der Waals surface area contributed by atoms with E-state index in [0.29, 0.717) is 0 Å². The number of aliphatic imine (C=N–C) groups is 1. The summed E-state index contributed by atoms with van der Waals surface area (Å²) in [6, 6.07) is 2.19. The number of thioether (sulfide) groups is 1. The number of halogens is 2. The van der Waals surface area contributed by atoms with Crippen molar-refractivity contribution in [3.05, 3.63) is 29.3 Å². The number of rotatable bonds is 2. The van der Waals surface area contributed by atoms with Crippen molar-refractivity contribution in [3.8, 4) is 6.19 Å². The van der Waals surface area contributed by atoms with Crippen LogP contribution in [0.5, 0.6) is 0 Å². The number of nitrogens with zero attached hydrogens (tertiary/aromatic N) is 2. The van der Waals surface area contributed by atoms with Crippen molar-refractivity contribution < 1.29 is 18.3 Å². The van der Waals surface area contributed by atoms with Crippen LogP contribution in [0.4, 0.5) is 14.5 Å². The van der Waals surface area contributed by atoms with Crippen molar-refractivity contribution in [1.82, 2.24) is 5.32 Å². The van der Waals surface area contributed by atoms with E-state index in [2.05, 4.69) is 15.0 Å². The largest absolute Gasteiger partial charge is 0.465 e. The van der Waals surface area contributed by atoms with Crippen LogP contribution in [0.2, 0.25) is 0 Å². The summed E-state index contributed by atoms with van der Waals surface area (Å²) in [4.78, 5) is 14.9. The van der Waals surface area contributed by atoms with Gasteiger partial charge < -0.3 is 4.74 Å². The summed E-state index contributed by atoms with van der Waals surface area (Å²) in [5, 5.41) is 10.8. The van der Waals surface area contributed by atoms with Crippen LogP contribution in [0.25, 0.3) is 0 Å². The second-order valence-electron chi connectivity index (χ2n) is 3.11.